The number of rotatable bonds is 8. The van der Waals surface area contributed by atoms with Crippen molar-refractivity contribution in [3.05, 3.63) is 76.9 Å². The summed E-state index contributed by atoms with van der Waals surface area (Å²) in [6.07, 6.45) is 5.64. The molecule has 0 N–H and O–H groups in total. The van der Waals surface area contributed by atoms with Crippen molar-refractivity contribution in [1.82, 2.24) is 0 Å². The average molecular weight is 418 g/mol. The lowest BCUT2D eigenvalue weighted by atomic mass is 10.0. The molecule has 2 nitrogen and oxygen atoms in total. The fraction of sp³-hybridized carbons (Fsp3) is 0.292. The molecule has 0 amide bonds. The Bertz CT molecular complexity index is 1040. The fourth-order valence-corrected chi connectivity index (χ4v) is 3.34. The van der Waals surface area contributed by atoms with Crippen molar-refractivity contribution in [2.24, 2.45) is 0 Å². The second-order valence-corrected chi connectivity index (χ2v) is 7.26. The molecule has 3 rings (SSSR count). The highest BCUT2D eigenvalue weighted by Gasteiger charge is 2.21. The van der Waals surface area contributed by atoms with Crippen LogP contribution in [0.1, 0.15) is 54.9 Å². The third kappa shape index (κ3) is 5.17. The molecule has 0 fully saturated rings. The molecule has 0 heterocycles. The number of carbonyl (C=O) groups excluding carboxylic acids is 1. The van der Waals surface area contributed by atoms with Crippen LogP contribution in [-0.2, 0) is 6.42 Å². The van der Waals surface area contributed by atoms with Crippen molar-refractivity contribution >= 4 is 16.7 Å². The van der Waals surface area contributed by atoms with Gasteiger partial charge in [0.15, 0.2) is 11.6 Å². The van der Waals surface area contributed by atoms with Gasteiger partial charge in [-0.25, -0.2) is 22.4 Å². The standard InChI is InChI=1S/C24H22F4O2/c1-2-3-4-5-6-7-15-10-21(27)23(22(28)11-15)24(29)30-18-9-8-16-13-19(25)20(26)14-17(16)12-18/h8-14H,2-7H2,1H3. The molecule has 6 heteroatoms. The second kappa shape index (κ2) is 9.74. The van der Waals surface area contributed by atoms with Crippen LogP contribution in [0, 0.1) is 23.3 Å². The molecule has 0 atom stereocenters. The first-order valence-electron chi connectivity index (χ1n) is 9.98. The molecule has 0 aliphatic heterocycles. The minimum atomic E-state index is -1.19. The van der Waals surface area contributed by atoms with Crippen molar-refractivity contribution in [3.8, 4) is 5.75 Å². The second-order valence-electron chi connectivity index (χ2n) is 7.26. The predicted octanol–water partition coefficient (Wildman–Crippen LogP) is 7.13. The Hall–Kier alpha value is -2.89. The Balaban J connectivity index is 1.73. The molecule has 0 aliphatic carbocycles. The summed E-state index contributed by atoms with van der Waals surface area (Å²) in [4.78, 5) is 12.3. The Labute approximate surface area is 172 Å². The SMILES string of the molecule is CCCCCCCc1cc(F)c(C(=O)Oc2ccc3cc(F)c(F)cc3c2)c(F)c1. The van der Waals surface area contributed by atoms with Crippen LogP contribution in [0.25, 0.3) is 10.8 Å². The van der Waals surface area contributed by atoms with Crippen LogP contribution in [-0.4, -0.2) is 5.97 Å². The van der Waals surface area contributed by atoms with Crippen molar-refractivity contribution < 1.29 is 27.1 Å². The van der Waals surface area contributed by atoms with Crippen LogP contribution < -0.4 is 4.74 Å². The molecule has 3 aromatic rings. The van der Waals surface area contributed by atoms with Crippen LogP contribution in [0.4, 0.5) is 17.6 Å². The van der Waals surface area contributed by atoms with Crippen molar-refractivity contribution in [1.29, 1.82) is 0 Å². The third-order valence-electron chi connectivity index (χ3n) is 4.94. The number of halogens is 4. The minimum Gasteiger partial charge on any atom is -0.423 e. The van der Waals surface area contributed by atoms with Gasteiger partial charge in [0.05, 0.1) is 0 Å². The molecule has 0 bridgehead atoms. The maximum atomic E-state index is 14.4. The van der Waals surface area contributed by atoms with Gasteiger partial charge in [0.25, 0.3) is 0 Å². The highest BCUT2D eigenvalue weighted by molar-refractivity contribution is 5.92. The number of hydrogen-bond acceptors (Lipinski definition) is 2. The minimum absolute atomic E-state index is 0.0303. The molecule has 158 valence electrons. The zero-order valence-corrected chi connectivity index (χ0v) is 16.6. The van der Waals surface area contributed by atoms with Crippen LogP contribution in [0.5, 0.6) is 5.75 Å². The molecule has 0 aromatic heterocycles. The maximum absolute atomic E-state index is 14.4. The monoisotopic (exact) mass is 418 g/mol. The van der Waals surface area contributed by atoms with E-state index in [1.807, 2.05) is 0 Å². The van der Waals surface area contributed by atoms with Gasteiger partial charge >= 0.3 is 5.97 Å². The summed E-state index contributed by atoms with van der Waals surface area (Å²) in [5.41, 5.74) is -0.295. The van der Waals surface area contributed by atoms with Crippen molar-refractivity contribution in [3.63, 3.8) is 0 Å². The Morgan fingerprint density at radius 1 is 0.767 bits per heavy atom. The van der Waals surface area contributed by atoms with Gasteiger partial charge in [-0.2, -0.15) is 0 Å². The van der Waals surface area contributed by atoms with Gasteiger partial charge in [-0.15, -0.1) is 0 Å². The van der Waals surface area contributed by atoms with E-state index >= 15 is 0 Å². The highest BCUT2D eigenvalue weighted by atomic mass is 19.2. The number of benzene rings is 3. The van der Waals surface area contributed by atoms with Crippen LogP contribution in [0.2, 0.25) is 0 Å². The molecule has 3 aromatic carbocycles. The predicted molar refractivity (Wildman–Crippen MR) is 108 cm³/mol. The number of unbranched alkanes of at least 4 members (excludes halogenated alkanes) is 4. The fourth-order valence-electron chi connectivity index (χ4n) is 3.34. The van der Waals surface area contributed by atoms with Gasteiger partial charge in [-0.1, -0.05) is 38.7 Å². The van der Waals surface area contributed by atoms with E-state index in [4.69, 9.17) is 4.74 Å². The van der Waals surface area contributed by atoms with Crippen molar-refractivity contribution in [2.75, 3.05) is 0 Å². The third-order valence-corrected chi connectivity index (χ3v) is 4.94. The number of carbonyl (C=O) groups is 1. The summed E-state index contributed by atoms with van der Waals surface area (Å²) >= 11 is 0. The van der Waals surface area contributed by atoms with E-state index in [2.05, 4.69) is 6.92 Å². The number of esters is 1. The lowest BCUT2D eigenvalue weighted by molar-refractivity contribution is 0.0725. The molecule has 0 saturated heterocycles. The summed E-state index contributed by atoms with van der Waals surface area (Å²) in [6, 6.07) is 8.34. The molecule has 30 heavy (non-hydrogen) atoms. The first-order valence-corrected chi connectivity index (χ1v) is 9.98. The topological polar surface area (TPSA) is 26.3 Å². The first kappa shape index (κ1) is 21.8. The van der Waals surface area contributed by atoms with Gasteiger partial charge in [-0.3, -0.25) is 0 Å². The van der Waals surface area contributed by atoms with Crippen LogP contribution >= 0.6 is 0 Å². The largest absolute Gasteiger partial charge is 0.423 e. The molecule has 0 spiro atoms. The Kier molecular flexibility index (Phi) is 7.08. The molecule has 0 unspecified atom stereocenters. The Morgan fingerprint density at radius 2 is 1.40 bits per heavy atom. The molecular weight excluding hydrogens is 396 g/mol. The van der Waals surface area contributed by atoms with E-state index in [0.717, 1.165) is 56.4 Å². The summed E-state index contributed by atoms with van der Waals surface area (Å²) in [7, 11) is 0. The summed E-state index contributed by atoms with van der Waals surface area (Å²) in [6.45, 7) is 2.11. The molecular formula is C24H22F4O2. The summed E-state index contributed by atoms with van der Waals surface area (Å²) in [5, 5.41) is 0.688. The van der Waals surface area contributed by atoms with Gasteiger partial charge in [0.2, 0.25) is 0 Å². The van der Waals surface area contributed by atoms with Crippen LogP contribution in [0.3, 0.4) is 0 Å². The average Bonchev–Trinajstić information content (AvgIpc) is 2.68. The molecule has 0 aliphatic rings. The zero-order valence-electron chi connectivity index (χ0n) is 16.6. The summed E-state index contributed by atoms with van der Waals surface area (Å²) in [5.74, 6) is -5.25. The van der Waals surface area contributed by atoms with E-state index in [1.54, 1.807) is 0 Å². The van der Waals surface area contributed by atoms with Crippen molar-refractivity contribution in [2.45, 2.75) is 45.4 Å². The Morgan fingerprint density at radius 3 is 2.07 bits per heavy atom. The van der Waals surface area contributed by atoms with Crippen LogP contribution in [0.15, 0.2) is 42.5 Å². The maximum Gasteiger partial charge on any atom is 0.349 e. The number of fused-ring (bicyclic) bond motifs is 1. The van der Waals surface area contributed by atoms with Gasteiger partial charge in [0, 0.05) is 0 Å². The zero-order chi connectivity index (χ0) is 21.7. The van der Waals surface area contributed by atoms with E-state index in [9.17, 15) is 22.4 Å². The molecule has 0 radical (unpaired) electrons. The normalized spacial score (nSPS) is 11.1. The number of aryl methyl sites for hydroxylation is 1. The van der Waals surface area contributed by atoms with E-state index in [1.165, 1.54) is 18.2 Å². The van der Waals surface area contributed by atoms with E-state index in [-0.39, 0.29) is 5.75 Å². The lowest BCUT2D eigenvalue weighted by Crippen LogP contribution is -2.14. The lowest BCUT2D eigenvalue weighted by Gasteiger charge is -2.09. The first-order chi connectivity index (χ1) is 14.4. The highest BCUT2D eigenvalue weighted by Crippen LogP contribution is 2.25. The molecule has 0 saturated carbocycles. The van der Waals surface area contributed by atoms with E-state index < -0.39 is 34.8 Å². The number of hydrogen-bond donors (Lipinski definition) is 0. The quantitative estimate of drug-likeness (QED) is 0.168. The van der Waals surface area contributed by atoms with Gasteiger partial charge in [0.1, 0.15) is 22.9 Å². The van der Waals surface area contributed by atoms with E-state index in [0.29, 0.717) is 22.8 Å². The number of ether oxygens (including phenoxy) is 1. The van der Waals surface area contributed by atoms with Gasteiger partial charge in [-0.05, 0) is 65.6 Å². The van der Waals surface area contributed by atoms with Gasteiger partial charge < -0.3 is 4.74 Å². The summed E-state index contributed by atoms with van der Waals surface area (Å²) < 4.78 is 60.6. The smallest absolute Gasteiger partial charge is 0.349 e.